The molecule has 0 saturated heterocycles. The Morgan fingerprint density at radius 1 is 0.688 bits per heavy atom. The summed E-state index contributed by atoms with van der Waals surface area (Å²) in [6, 6.07) is 0. The van der Waals surface area contributed by atoms with Crippen LogP contribution in [0.1, 0.15) is 91.9 Å². The molecule has 6 atom stereocenters. The smallest absolute Gasteiger partial charge is 0.332 e. The second-order valence-electron chi connectivity index (χ2n) is 9.88. The van der Waals surface area contributed by atoms with Crippen molar-refractivity contribution in [1.82, 2.24) is 0 Å². The third-order valence-corrected chi connectivity index (χ3v) is 7.30. The molecule has 2 rings (SSSR count). The van der Waals surface area contributed by atoms with Crippen LogP contribution in [-0.2, 0) is 28.5 Å². The second-order valence-corrected chi connectivity index (χ2v) is 9.88. The largest absolute Gasteiger partial charge is 0.460 e. The molecule has 0 aromatic heterocycles. The first kappa shape index (κ1) is 27.1. The van der Waals surface area contributed by atoms with Crippen LogP contribution >= 0.6 is 0 Å². The van der Waals surface area contributed by atoms with Crippen LogP contribution in [-0.4, -0.2) is 50.6 Å². The summed E-state index contributed by atoms with van der Waals surface area (Å²) in [7, 11) is 0. The van der Waals surface area contributed by atoms with E-state index in [1.54, 1.807) is 0 Å². The zero-order valence-electron chi connectivity index (χ0n) is 20.8. The minimum Gasteiger partial charge on any atom is -0.460 e. The van der Waals surface area contributed by atoms with Crippen LogP contribution < -0.4 is 0 Å². The highest BCUT2D eigenvalue weighted by Gasteiger charge is 2.35. The fourth-order valence-corrected chi connectivity index (χ4v) is 5.33. The van der Waals surface area contributed by atoms with Gasteiger partial charge < -0.3 is 18.9 Å². The van der Waals surface area contributed by atoms with Gasteiger partial charge >= 0.3 is 11.9 Å². The SMILES string of the molecule is CCC1CC(CC)C(OC(=O)COCCCCCOCC(=O)OC2CC(C)CC2CC)C1. The van der Waals surface area contributed by atoms with Crippen molar-refractivity contribution in [2.45, 2.75) is 104 Å². The molecule has 2 aliphatic carbocycles. The number of carbonyl (C=O) groups is 2. The lowest BCUT2D eigenvalue weighted by molar-refractivity contribution is -0.157. The average molecular weight is 455 g/mol. The molecule has 2 aliphatic rings. The number of hydrogen-bond acceptors (Lipinski definition) is 6. The average Bonchev–Trinajstić information content (AvgIpc) is 3.34. The van der Waals surface area contributed by atoms with Gasteiger partial charge in [-0.3, -0.25) is 0 Å². The molecule has 2 fully saturated rings. The third-order valence-electron chi connectivity index (χ3n) is 7.30. The second kappa shape index (κ2) is 14.9. The van der Waals surface area contributed by atoms with Crippen LogP contribution in [0, 0.1) is 23.7 Å². The normalized spacial score (nSPS) is 29.9. The molecule has 0 N–H and O–H groups in total. The van der Waals surface area contributed by atoms with Gasteiger partial charge in [0.2, 0.25) is 0 Å². The van der Waals surface area contributed by atoms with Crippen LogP contribution in [0.2, 0.25) is 0 Å². The van der Waals surface area contributed by atoms with E-state index in [1.807, 2.05) is 0 Å². The van der Waals surface area contributed by atoms with E-state index in [4.69, 9.17) is 18.9 Å². The Morgan fingerprint density at radius 3 is 1.75 bits per heavy atom. The lowest BCUT2D eigenvalue weighted by atomic mass is 10.0. The Morgan fingerprint density at radius 2 is 1.22 bits per heavy atom. The first-order valence-electron chi connectivity index (χ1n) is 13.0. The first-order chi connectivity index (χ1) is 15.5. The van der Waals surface area contributed by atoms with Crippen LogP contribution in [0.15, 0.2) is 0 Å². The molecule has 186 valence electrons. The number of hydrogen-bond donors (Lipinski definition) is 0. The van der Waals surface area contributed by atoms with E-state index in [9.17, 15) is 9.59 Å². The maximum atomic E-state index is 12.1. The summed E-state index contributed by atoms with van der Waals surface area (Å²) >= 11 is 0. The van der Waals surface area contributed by atoms with Gasteiger partial charge in [-0.25, -0.2) is 9.59 Å². The summed E-state index contributed by atoms with van der Waals surface area (Å²) < 4.78 is 22.2. The number of rotatable bonds is 15. The quantitative estimate of drug-likeness (QED) is 0.246. The highest BCUT2D eigenvalue weighted by atomic mass is 16.6. The molecule has 6 heteroatoms. The molecule has 0 radical (unpaired) electrons. The van der Waals surface area contributed by atoms with Crippen molar-refractivity contribution in [3.05, 3.63) is 0 Å². The van der Waals surface area contributed by atoms with Crippen molar-refractivity contribution >= 4 is 11.9 Å². The third kappa shape index (κ3) is 9.38. The minimum absolute atomic E-state index is 0.0302. The Labute approximate surface area is 195 Å². The summed E-state index contributed by atoms with van der Waals surface area (Å²) in [5.41, 5.74) is 0. The predicted molar refractivity (Wildman–Crippen MR) is 124 cm³/mol. The van der Waals surface area contributed by atoms with Gasteiger partial charge in [0.25, 0.3) is 0 Å². The monoisotopic (exact) mass is 454 g/mol. The zero-order chi connectivity index (χ0) is 23.3. The highest BCUT2D eigenvalue weighted by Crippen LogP contribution is 2.37. The van der Waals surface area contributed by atoms with Gasteiger partial charge in [-0.2, -0.15) is 0 Å². The molecular weight excluding hydrogens is 408 g/mol. The molecule has 6 nitrogen and oxygen atoms in total. The molecule has 0 heterocycles. The van der Waals surface area contributed by atoms with E-state index in [-0.39, 0.29) is 37.4 Å². The fourth-order valence-electron chi connectivity index (χ4n) is 5.33. The van der Waals surface area contributed by atoms with Gasteiger partial charge in [-0.05, 0) is 81.5 Å². The van der Waals surface area contributed by atoms with Crippen molar-refractivity contribution < 1.29 is 28.5 Å². The lowest BCUT2D eigenvalue weighted by Crippen LogP contribution is -2.25. The zero-order valence-corrected chi connectivity index (χ0v) is 20.8. The summed E-state index contributed by atoms with van der Waals surface area (Å²) in [5.74, 6) is 1.81. The van der Waals surface area contributed by atoms with Gasteiger partial charge in [-0.15, -0.1) is 0 Å². The van der Waals surface area contributed by atoms with Crippen molar-refractivity contribution in [2.24, 2.45) is 23.7 Å². The van der Waals surface area contributed by atoms with E-state index >= 15 is 0 Å². The van der Waals surface area contributed by atoms with Crippen molar-refractivity contribution in [3.63, 3.8) is 0 Å². The van der Waals surface area contributed by atoms with Crippen LogP contribution in [0.4, 0.5) is 0 Å². The number of ether oxygens (including phenoxy) is 4. The fraction of sp³-hybridized carbons (Fsp3) is 0.923. The molecule has 6 unspecified atom stereocenters. The Kier molecular flexibility index (Phi) is 12.6. The van der Waals surface area contributed by atoms with Crippen LogP contribution in [0.3, 0.4) is 0 Å². The Hall–Kier alpha value is -1.14. The molecule has 0 aromatic rings. The molecular formula is C26H46O6. The molecule has 0 spiro atoms. The van der Waals surface area contributed by atoms with Crippen molar-refractivity contribution in [3.8, 4) is 0 Å². The van der Waals surface area contributed by atoms with E-state index in [0.717, 1.165) is 57.8 Å². The lowest BCUT2D eigenvalue weighted by Gasteiger charge is -2.18. The van der Waals surface area contributed by atoms with Crippen molar-refractivity contribution in [2.75, 3.05) is 26.4 Å². The Bertz CT molecular complexity index is 550. The molecule has 32 heavy (non-hydrogen) atoms. The molecule has 0 bridgehead atoms. The number of esters is 2. The van der Waals surface area contributed by atoms with E-state index in [0.29, 0.717) is 36.9 Å². The summed E-state index contributed by atoms with van der Waals surface area (Å²) in [6.45, 7) is 9.89. The topological polar surface area (TPSA) is 71.1 Å². The van der Waals surface area contributed by atoms with E-state index in [1.165, 1.54) is 6.42 Å². The van der Waals surface area contributed by atoms with Gasteiger partial charge in [0.15, 0.2) is 0 Å². The first-order valence-corrected chi connectivity index (χ1v) is 13.0. The molecule has 0 aliphatic heterocycles. The van der Waals surface area contributed by atoms with Gasteiger partial charge in [-0.1, -0.05) is 34.1 Å². The highest BCUT2D eigenvalue weighted by molar-refractivity contribution is 5.71. The summed E-state index contributed by atoms with van der Waals surface area (Å²) in [5, 5.41) is 0. The summed E-state index contributed by atoms with van der Waals surface area (Å²) in [4.78, 5) is 24.1. The molecule has 0 amide bonds. The minimum atomic E-state index is -0.248. The van der Waals surface area contributed by atoms with Gasteiger partial charge in [0.05, 0.1) is 0 Å². The maximum absolute atomic E-state index is 12.1. The van der Waals surface area contributed by atoms with E-state index < -0.39 is 0 Å². The molecule has 0 aromatic carbocycles. The number of carbonyl (C=O) groups excluding carboxylic acids is 2. The van der Waals surface area contributed by atoms with Gasteiger partial charge in [0.1, 0.15) is 25.4 Å². The van der Waals surface area contributed by atoms with Crippen LogP contribution in [0.25, 0.3) is 0 Å². The standard InChI is InChI=1S/C26H46O6/c1-5-20-15-22(7-3)24(16-20)32-26(28)18-30-12-10-8-9-11-29-17-25(27)31-23-14-19(4)13-21(23)6-2/h19-24H,5-18H2,1-4H3. The summed E-state index contributed by atoms with van der Waals surface area (Å²) in [6.07, 6.45) is 10.3. The predicted octanol–water partition coefficient (Wildman–Crippen LogP) is 5.32. The van der Waals surface area contributed by atoms with Crippen molar-refractivity contribution in [1.29, 1.82) is 0 Å². The Balaban J connectivity index is 1.43. The molecule has 2 saturated carbocycles. The maximum Gasteiger partial charge on any atom is 0.332 e. The number of unbranched alkanes of at least 4 members (excludes halogenated alkanes) is 2. The van der Waals surface area contributed by atoms with Crippen LogP contribution in [0.5, 0.6) is 0 Å². The van der Waals surface area contributed by atoms with Gasteiger partial charge in [0, 0.05) is 13.2 Å². The van der Waals surface area contributed by atoms with E-state index in [2.05, 4.69) is 27.7 Å².